The lowest BCUT2D eigenvalue weighted by atomic mass is 9.82. The van der Waals surface area contributed by atoms with Gasteiger partial charge >= 0.3 is 11.9 Å². The fourth-order valence-corrected chi connectivity index (χ4v) is 4.03. The Bertz CT molecular complexity index is 649. The van der Waals surface area contributed by atoms with Crippen molar-refractivity contribution in [3.05, 3.63) is 29.8 Å². The Labute approximate surface area is 196 Å². The van der Waals surface area contributed by atoms with Gasteiger partial charge in [0.2, 0.25) is 0 Å². The van der Waals surface area contributed by atoms with Crippen molar-refractivity contribution < 1.29 is 19.1 Å². The number of unbranched alkanes of at least 4 members (excludes halogenated alkanes) is 11. The molecule has 0 fully saturated rings. The SMILES string of the molecule is CCCCCCCCCCCCCCOC(=O)C(CC)(CC)C(=O)Oc1ccccc1C. The molecule has 0 radical (unpaired) electrons. The van der Waals surface area contributed by atoms with Crippen molar-refractivity contribution in [2.45, 2.75) is 118 Å². The van der Waals surface area contributed by atoms with Gasteiger partial charge in [-0.3, -0.25) is 9.59 Å². The van der Waals surface area contributed by atoms with Crippen LogP contribution in [0.2, 0.25) is 0 Å². The van der Waals surface area contributed by atoms with Crippen molar-refractivity contribution >= 4 is 11.9 Å². The van der Waals surface area contributed by atoms with Crippen LogP contribution in [0.1, 0.15) is 116 Å². The molecule has 182 valence electrons. The second-order valence-electron chi connectivity index (χ2n) is 8.97. The molecule has 0 aliphatic carbocycles. The topological polar surface area (TPSA) is 52.6 Å². The third kappa shape index (κ3) is 9.75. The van der Waals surface area contributed by atoms with Gasteiger partial charge in [0.05, 0.1) is 6.61 Å². The minimum Gasteiger partial charge on any atom is -0.465 e. The van der Waals surface area contributed by atoms with Crippen molar-refractivity contribution in [2.24, 2.45) is 5.41 Å². The number of rotatable bonds is 18. The summed E-state index contributed by atoms with van der Waals surface area (Å²) in [6.45, 7) is 8.19. The van der Waals surface area contributed by atoms with Crippen LogP contribution in [0.4, 0.5) is 0 Å². The van der Waals surface area contributed by atoms with Crippen LogP contribution < -0.4 is 4.74 Å². The van der Waals surface area contributed by atoms with Gasteiger partial charge in [0.15, 0.2) is 5.41 Å². The summed E-state index contributed by atoms with van der Waals surface area (Å²) in [7, 11) is 0. The third-order valence-electron chi connectivity index (χ3n) is 6.52. The van der Waals surface area contributed by atoms with Gasteiger partial charge in [0.1, 0.15) is 5.75 Å². The highest BCUT2D eigenvalue weighted by atomic mass is 16.6. The van der Waals surface area contributed by atoms with E-state index in [1.807, 2.05) is 39.0 Å². The van der Waals surface area contributed by atoms with Crippen LogP contribution in [0.25, 0.3) is 0 Å². The molecule has 0 heterocycles. The molecule has 32 heavy (non-hydrogen) atoms. The third-order valence-corrected chi connectivity index (χ3v) is 6.52. The molecule has 0 aromatic heterocycles. The fraction of sp³-hybridized carbons (Fsp3) is 0.714. The first-order valence-corrected chi connectivity index (χ1v) is 13.0. The first-order chi connectivity index (χ1) is 15.5. The molecule has 0 saturated carbocycles. The highest BCUT2D eigenvalue weighted by molar-refractivity contribution is 6.00. The van der Waals surface area contributed by atoms with Crippen LogP contribution >= 0.6 is 0 Å². The summed E-state index contributed by atoms with van der Waals surface area (Å²) in [5.74, 6) is -0.474. The highest BCUT2D eigenvalue weighted by Gasteiger charge is 2.46. The van der Waals surface area contributed by atoms with Gasteiger partial charge in [-0.2, -0.15) is 0 Å². The predicted molar refractivity (Wildman–Crippen MR) is 132 cm³/mol. The predicted octanol–water partition coefficient (Wildman–Crippen LogP) is 7.95. The summed E-state index contributed by atoms with van der Waals surface area (Å²) in [6.07, 6.45) is 15.9. The van der Waals surface area contributed by atoms with Crippen LogP contribution in [-0.2, 0) is 14.3 Å². The summed E-state index contributed by atoms with van der Waals surface area (Å²) in [5.41, 5.74) is -0.369. The van der Waals surface area contributed by atoms with E-state index in [0.29, 0.717) is 25.2 Å². The summed E-state index contributed by atoms with van der Waals surface area (Å²) < 4.78 is 11.1. The zero-order chi connectivity index (χ0) is 23.7. The number of benzene rings is 1. The van der Waals surface area contributed by atoms with E-state index in [4.69, 9.17) is 9.47 Å². The fourth-order valence-electron chi connectivity index (χ4n) is 4.03. The average molecular weight is 447 g/mol. The lowest BCUT2D eigenvalue weighted by Gasteiger charge is -2.27. The molecule has 0 amide bonds. The van der Waals surface area contributed by atoms with E-state index in [-0.39, 0.29) is 0 Å². The zero-order valence-corrected chi connectivity index (χ0v) is 21.0. The molecule has 4 nitrogen and oxygen atoms in total. The molecule has 0 atom stereocenters. The standard InChI is InChI=1S/C28H46O4/c1-5-8-9-10-11-12-13-14-15-16-17-20-23-31-26(29)28(6-2,7-3)27(30)32-25-22-19-18-21-24(25)4/h18-19,21-22H,5-17,20,23H2,1-4H3. The minimum absolute atomic E-state index is 0.367. The molecule has 0 spiro atoms. The van der Waals surface area contributed by atoms with Gasteiger partial charge in [-0.25, -0.2) is 0 Å². The number of hydrogen-bond donors (Lipinski definition) is 0. The average Bonchev–Trinajstić information content (AvgIpc) is 2.79. The Kier molecular flexibility index (Phi) is 14.8. The van der Waals surface area contributed by atoms with Crippen LogP contribution in [0, 0.1) is 12.3 Å². The first kappa shape index (κ1) is 28.2. The molecular weight excluding hydrogens is 400 g/mol. The lowest BCUT2D eigenvalue weighted by Crippen LogP contribution is -2.42. The van der Waals surface area contributed by atoms with E-state index in [9.17, 15) is 9.59 Å². The molecular formula is C28H46O4. The molecule has 0 bridgehead atoms. The van der Waals surface area contributed by atoms with Crippen molar-refractivity contribution in [2.75, 3.05) is 6.61 Å². The largest absolute Gasteiger partial charge is 0.465 e. The van der Waals surface area contributed by atoms with Gasteiger partial charge in [0, 0.05) is 0 Å². The van der Waals surface area contributed by atoms with Crippen LogP contribution in [0.15, 0.2) is 24.3 Å². The number of para-hydroxylation sites is 1. The number of carbonyl (C=O) groups excluding carboxylic acids is 2. The monoisotopic (exact) mass is 446 g/mol. The van der Waals surface area contributed by atoms with Gasteiger partial charge < -0.3 is 9.47 Å². The zero-order valence-electron chi connectivity index (χ0n) is 21.0. The summed E-state index contributed by atoms with van der Waals surface area (Å²) in [4.78, 5) is 25.7. The molecule has 1 aromatic carbocycles. The molecule has 0 unspecified atom stereocenters. The summed E-state index contributed by atoms with van der Waals surface area (Å²) >= 11 is 0. The maximum absolute atomic E-state index is 12.9. The Morgan fingerprint density at radius 1 is 0.719 bits per heavy atom. The van der Waals surface area contributed by atoms with Gasteiger partial charge in [-0.05, 0) is 37.8 Å². The Morgan fingerprint density at radius 3 is 1.72 bits per heavy atom. The lowest BCUT2D eigenvalue weighted by molar-refractivity contribution is -0.168. The van der Waals surface area contributed by atoms with Crippen molar-refractivity contribution in [1.82, 2.24) is 0 Å². The maximum Gasteiger partial charge on any atom is 0.328 e. The summed E-state index contributed by atoms with van der Waals surface area (Å²) in [6, 6.07) is 7.35. The Balaban J connectivity index is 2.27. The Hall–Kier alpha value is -1.84. The second-order valence-corrected chi connectivity index (χ2v) is 8.97. The van der Waals surface area contributed by atoms with Crippen LogP contribution in [0.5, 0.6) is 5.75 Å². The second kappa shape index (κ2) is 16.7. The van der Waals surface area contributed by atoms with Crippen molar-refractivity contribution in [1.29, 1.82) is 0 Å². The van der Waals surface area contributed by atoms with Gasteiger partial charge in [-0.15, -0.1) is 0 Å². The molecule has 0 aliphatic rings. The maximum atomic E-state index is 12.9. The smallest absolute Gasteiger partial charge is 0.328 e. The molecule has 0 aliphatic heterocycles. The highest BCUT2D eigenvalue weighted by Crippen LogP contribution is 2.32. The molecule has 1 rings (SSSR count). The Morgan fingerprint density at radius 2 is 1.22 bits per heavy atom. The quantitative estimate of drug-likeness (QED) is 0.0993. The van der Waals surface area contributed by atoms with Gasteiger partial charge in [0.25, 0.3) is 0 Å². The molecule has 0 saturated heterocycles. The normalized spacial score (nSPS) is 11.4. The minimum atomic E-state index is -1.24. The van der Waals surface area contributed by atoms with E-state index in [0.717, 1.165) is 18.4 Å². The number of ether oxygens (including phenoxy) is 2. The van der Waals surface area contributed by atoms with E-state index in [1.54, 1.807) is 6.07 Å². The number of aryl methyl sites for hydroxylation is 1. The van der Waals surface area contributed by atoms with E-state index in [1.165, 1.54) is 64.2 Å². The van der Waals surface area contributed by atoms with Crippen molar-refractivity contribution in [3.8, 4) is 5.75 Å². The van der Waals surface area contributed by atoms with Gasteiger partial charge in [-0.1, -0.05) is 110 Å². The molecule has 0 N–H and O–H groups in total. The van der Waals surface area contributed by atoms with Crippen molar-refractivity contribution in [3.63, 3.8) is 0 Å². The number of hydrogen-bond acceptors (Lipinski definition) is 4. The van der Waals surface area contributed by atoms with E-state index >= 15 is 0 Å². The number of esters is 2. The van der Waals surface area contributed by atoms with Crippen LogP contribution in [-0.4, -0.2) is 18.5 Å². The van der Waals surface area contributed by atoms with E-state index in [2.05, 4.69) is 6.92 Å². The number of carbonyl (C=O) groups is 2. The first-order valence-electron chi connectivity index (χ1n) is 13.0. The summed E-state index contributed by atoms with van der Waals surface area (Å²) in [5, 5.41) is 0. The molecule has 4 heteroatoms. The van der Waals surface area contributed by atoms with Crippen LogP contribution in [0.3, 0.4) is 0 Å². The van der Waals surface area contributed by atoms with E-state index < -0.39 is 17.4 Å². The molecule has 1 aromatic rings.